The summed E-state index contributed by atoms with van der Waals surface area (Å²) in [4.78, 5) is 24.1. The molecular formula is C19H17N2O2+. The minimum atomic E-state index is -0.141. The first-order valence-electron chi connectivity index (χ1n) is 7.42. The number of fused-ring (bicyclic) bond motifs is 1. The molecular weight excluding hydrogens is 288 g/mol. The first-order valence-corrected chi connectivity index (χ1v) is 7.42. The van der Waals surface area contributed by atoms with Gasteiger partial charge in [-0.2, -0.15) is 4.57 Å². The van der Waals surface area contributed by atoms with Crippen LogP contribution in [0.3, 0.4) is 0 Å². The molecule has 4 heteroatoms. The van der Waals surface area contributed by atoms with Crippen molar-refractivity contribution in [2.24, 2.45) is 5.73 Å². The van der Waals surface area contributed by atoms with Crippen LogP contribution in [0, 0.1) is 0 Å². The molecule has 0 atom stereocenters. The Morgan fingerprint density at radius 1 is 0.870 bits per heavy atom. The maximum Gasteiger partial charge on any atom is 0.227 e. The molecule has 0 bridgehead atoms. The lowest BCUT2D eigenvalue weighted by atomic mass is 10.0. The zero-order chi connectivity index (χ0) is 16.2. The molecule has 3 rings (SSSR count). The summed E-state index contributed by atoms with van der Waals surface area (Å²) < 4.78 is 1.71. The van der Waals surface area contributed by atoms with Gasteiger partial charge in [-0.05, 0) is 22.9 Å². The number of pyridine rings is 1. The number of nitrogens with two attached hydrogens (primary N) is 1. The number of hydrogen-bond donors (Lipinski definition) is 1. The summed E-state index contributed by atoms with van der Waals surface area (Å²) in [6.45, 7) is 0.146. The van der Waals surface area contributed by atoms with E-state index >= 15 is 0 Å². The van der Waals surface area contributed by atoms with Crippen molar-refractivity contribution in [3.8, 4) is 0 Å². The first kappa shape index (κ1) is 15.1. The van der Waals surface area contributed by atoms with Gasteiger partial charge in [0, 0.05) is 11.6 Å². The highest BCUT2D eigenvalue weighted by molar-refractivity contribution is 5.99. The Morgan fingerprint density at radius 2 is 1.65 bits per heavy atom. The van der Waals surface area contributed by atoms with Gasteiger partial charge < -0.3 is 5.73 Å². The topological polar surface area (TPSA) is 64.0 Å². The van der Waals surface area contributed by atoms with Crippen LogP contribution in [-0.4, -0.2) is 18.1 Å². The van der Waals surface area contributed by atoms with Crippen molar-refractivity contribution in [3.05, 3.63) is 78.1 Å². The number of hydrogen-bond acceptors (Lipinski definition) is 3. The highest BCUT2D eigenvalue weighted by atomic mass is 16.1. The van der Waals surface area contributed by atoms with Crippen molar-refractivity contribution in [1.29, 1.82) is 0 Å². The SMILES string of the molecule is NCC(=O)c1ccc[n+](CC(=O)c2ccc3ccccc3c2)c1. The van der Waals surface area contributed by atoms with Crippen LogP contribution in [0.4, 0.5) is 0 Å². The Kier molecular flexibility index (Phi) is 4.26. The van der Waals surface area contributed by atoms with Gasteiger partial charge in [0.15, 0.2) is 18.2 Å². The smallest absolute Gasteiger partial charge is 0.227 e. The highest BCUT2D eigenvalue weighted by Crippen LogP contribution is 2.16. The highest BCUT2D eigenvalue weighted by Gasteiger charge is 2.14. The standard InChI is InChI=1S/C19H17N2O2/c20-11-18(22)17-6-3-9-21(12-17)13-19(23)16-8-7-14-4-1-2-5-15(14)10-16/h1-10,12H,11,13,20H2/q+1. The molecule has 0 saturated heterocycles. The van der Waals surface area contributed by atoms with E-state index in [0.717, 1.165) is 10.8 Å². The molecule has 114 valence electrons. The van der Waals surface area contributed by atoms with Gasteiger partial charge in [-0.1, -0.05) is 36.4 Å². The molecule has 2 N–H and O–H groups in total. The van der Waals surface area contributed by atoms with E-state index in [1.54, 1.807) is 29.1 Å². The van der Waals surface area contributed by atoms with Crippen molar-refractivity contribution in [2.45, 2.75) is 6.54 Å². The summed E-state index contributed by atoms with van der Waals surface area (Å²) in [5, 5.41) is 2.14. The van der Waals surface area contributed by atoms with Crippen LogP contribution in [0.25, 0.3) is 10.8 Å². The van der Waals surface area contributed by atoms with Crippen LogP contribution >= 0.6 is 0 Å². The average molecular weight is 305 g/mol. The van der Waals surface area contributed by atoms with E-state index in [4.69, 9.17) is 5.73 Å². The third kappa shape index (κ3) is 3.33. The lowest BCUT2D eigenvalue weighted by Crippen LogP contribution is -2.38. The summed E-state index contributed by atoms with van der Waals surface area (Å²) in [5.41, 5.74) is 6.55. The monoisotopic (exact) mass is 305 g/mol. The summed E-state index contributed by atoms with van der Waals surface area (Å²) >= 11 is 0. The molecule has 4 nitrogen and oxygen atoms in total. The van der Waals surface area contributed by atoms with Gasteiger partial charge in [0.05, 0.1) is 12.1 Å². The van der Waals surface area contributed by atoms with Crippen LogP contribution in [0.2, 0.25) is 0 Å². The Labute approximate surface area is 134 Å². The van der Waals surface area contributed by atoms with Crippen LogP contribution < -0.4 is 10.3 Å². The molecule has 0 radical (unpaired) electrons. The normalized spacial score (nSPS) is 10.7. The lowest BCUT2D eigenvalue weighted by Gasteiger charge is -2.02. The van der Waals surface area contributed by atoms with E-state index in [1.165, 1.54) is 0 Å². The third-order valence-electron chi connectivity index (χ3n) is 3.76. The molecule has 2 aromatic carbocycles. The zero-order valence-electron chi connectivity index (χ0n) is 12.6. The number of benzene rings is 2. The Morgan fingerprint density at radius 3 is 2.43 bits per heavy atom. The van der Waals surface area contributed by atoms with Crippen molar-refractivity contribution in [2.75, 3.05) is 6.54 Å². The second-order valence-electron chi connectivity index (χ2n) is 5.38. The van der Waals surface area contributed by atoms with E-state index in [2.05, 4.69) is 0 Å². The predicted molar refractivity (Wildman–Crippen MR) is 88.3 cm³/mol. The molecule has 0 spiro atoms. The fourth-order valence-corrected chi connectivity index (χ4v) is 2.52. The summed E-state index contributed by atoms with van der Waals surface area (Å²) in [6, 6.07) is 17.0. The molecule has 0 aliphatic heterocycles. The molecule has 1 aromatic heterocycles. The van der Waals surface area contributed by atoms with Gasteiger partial charge in [-0.3, -0.25) is 9.59 Å². The van der Waals surface area contributed by atoms with Gasteiger partial charge in [-0.25, -0.2) is 0 Å². The molecule has 0 amide bonds. The molecule has 0 fully saturated rings. The van der Waals surface area contributed by atoms with Crippen molar-refractivity contribution in [1.82, 2.24) is 0 Å². The Bertz CT molecular complexity index is 887. The number of ketones is 2. The maximum absolute atomic E-state index is 12.5. The summed E-state index contributed by atoms with van der Waals surface area (Å²) in [6.07, 6.45) is 3.43. The number of aromatic nitrogens is 1. The minimum Gasteiger partial charge on any atom is -0.324 e. The van der Waals surface area contributed by atoms with Gasteiger partial charge >= 0.3 is 0 Å². The van der Waals surface area contributed by atoms with Crippen molar-refractivity contribution < 1.29 is 14.2 Å². The van der Waals surface area contributed by atoms with Crippen molar-refractivity contribution >= 4 is 22.3 Å². The number of carbonyl (C=O) groups is 2. The average Bonchev–Trinajstić information content (AvgIpc) is 2.60. The van der Waals surface area contributed by atoms with E-state index in [9.17, 15) is 9.59 Å². The van der Waals surface area contributed by atoms with Gasteiger partial charge in [-0.15, -0.1) is 0 Å². The Hall–Kier alpha value is -2.85. The first-order chi connectivity index (χ1) is 11.2. The van der Waals surface area contributed by atoms with Crippen molar-refractivity contribution in [3.63, 3.8) is 0 Å². The fraction of sp³-hybridized carbons (Fsp3) is 0.105. The third-order valence-corrected chi connectivity index (χ3v) is 3.76. The van der Waals surface area contributed by atoms with Gasteiger partial charge in [0.25, 0.3) is 0 Å². The summed E-state index contributed by atoms with van der Waals surface area (Å²) in [7, 11) is 0. The quantitative estimate of drug-likeness (QED) is 0.580. The zero-order valence-corrected chi connectivity index (χ0v) is 12.6. The second kappa shape index (κ2) is 6.50. The fourth-order valence-electron chi connectivity index (χ4n) is 2.52. The number of carbonyl (C=O) groups excluding carboxylic acids is 2. The van der Waals surface area contributed by atoms with Crippen LogP contribution in [0.15, 0.2) is 67.0 Å². The number of rotatable bonds is 5. The summed E-state index contributed by atoms with van der Waals surface area (Å²) in [5.74, 6) is -0.143. The molecule has 23 heavy (non-hydrogen) atoms. The van der Waals surface area contributed by atoms with E-state index in [0.29, 0.717) is 11.1 Å². The molecule has 0 saturated carbocycles. The Balaban J connectivity index is 1.84. The second-order valence-corrected chi connectivity index (χ2v) is 5.38. The van der Waals surface area contributed by atoms with Crippen LogP contribution in [0.1, 0.15) is 20.7 Å². The van der Waals surface area contributed by atoms with Crippen LogP contribution in [-0.2, 0) is 6.54 Å². The number of nitrogens with zero attached hydrogens (tertiary/aromatic N) is 1. The molecule has 0 unspecified atom stereocenters. The number of Topliss-reactive ketones (excluding diaryl/α,β-unsaturated/α-hetero) is 2. The van der Waals surface area contributed by atoms with Gasteiger partial charge in [0.2, 0.25) is 12.3 Å². The molecule has 0 aliphatic carbocycles. The minimum absolute atomic E-state index is 0.00176. The maximum atomic E-state index is 12.5. The molecule has 1 heterocycles. The van der Waals surface area contributed by atoms with E-state index in [1.807, 2.05) is 42.5 Å². The molecule has 3 aromatic rings. The predicted octanol–water partition coefficient (Wildman–Crippen LogP) is 2.15. The molecule has 0 aliphatic rings. The largest absolute Gasteiger partial charge is 0.324 e. The van der Waals surface area contributed by atoms with E-state index in [-0.39, 0.29) is 24.7 Å². The lowest BCUT2D eigenvalue weighted by molar-refractivity contribution is -0.683. The van der Waals surface area contributed by atoms with Gasteiger partial charge in [0.1, 0.15) is 0 Å². The van der Waals surface area contributed by atoms with E-state index < -0.39 is 0 Å². The van der Waals surface area contributed by atoms with Crippen LogP contribution in [0.5, 0.6) is 0 Å².